The lowest BCUT2D eigenvalue weighted by molar-refractivity contribution is -0.141. The maximum absolute atomic E-state index is 14.0. The van der Waals surface area contributed by atoms with Gasteiger partial charge in [-0.15, -0.1) is 0 Å². The van der Waals surface area contributed by atoms with Crippen LogP contribution in [-0.4, -0.2) is 44.6 Å². The van der Waals surface area contributed by atoms with Gasteiger partial charge in [-0.1, -0.05) is 26.5 Å². The first kappa shape index (κ1) is 29.5. The predicted octanol–water partition coefficient (Wildman–Crippen LogP) is 7.62. The van der Waals surface area contributed by atoms with E-state index in [0.29, 0.717) is 35.2 Å². The van der Waals surface area contributed by atoms with Gasteiger partial charge in [0, 0.05) is 57.2 Å². The van der Waals surface area contributed by atoms with E-state index in [4.69, 9.17) is 14.7 Å². The standard InChI is InChI=1S/C36H38N4O4/c1-9-21-17(4)24-13-26-19(6)23(12-11-16(3)41)33(39-26)31-32(36(43)44-8)35(42)30-20(7)27(40-34(30)31)15-29-22(10-2)18(5)25(38-29)14-28(21)37-24/h9,13-15,19,23,32,37,40H,1,10-12H2,2-8H3/t19-,23-,32+/m0/s1. The first-order valence-electron chi connectivity index (χ1n) is 15.2. The molecule has 8 heteroatoms. The number of hydrogen-bond acceptors (Lipinski definition) is 6. The third-order valence-corrected chi connectivity index (χ3v) is 9.71. The number of aromatic amines is 2. The molecule has 0 saturated heterocycles. The fourth-order valence-electron chi connectivity index (χ4n) is 7.17. The van der Waals surface area contributed by atoms with E-state index in [1.165, 1.54) is 7.11 Å². The predicted molar refractivity (Wildman–Crippen MR) is 174 cm³/mol. The molecule has 226 valence electrons. The van der Waals surface area contributed by atoms with Gasteiger partial charge >= 0.3 is 5.97 Å². The van der Waals surface area contributed by atoms with Crippen molar-refractivity contribution in [2.24, 2.45) is 0 Å². The van der Waals surface area contributed by atoms with Gasteiger partial charge in [-0.05, 0) is 81.0 Å². The molecule has 0 unspecified atom stereocenters. The van der Waals surface area contributed by atoms with Gasteiger partial charge in [0.25, 0.3) is 0 Å². The summed E-state index contributed by atoms with van der Waals surface area (Å²) in [7, 11) is 1.30. The number of fused-ring (bicyclic) bond motifs is 8. The van der Waals surface area contributed by atoms with Crippen LogP contribution in [0.4, 0.5) is 0 Å². The number of aryl methyl sites for hydroxylation is 2. The molecule has 44 heavy (non-hydrogen) atoms. The Labute approximate surface area is 256 Å². The zero-order chi connectivity index (χ0) is 31.6. The molecule has 3 aliphatic rings. The number of aromatic nitrogens is 4. The number of ether oxygens (including phenoxy) is 1. The third-order valence-electron chi connectivity index (χ3n) is 9.71. The Balaban J connectivity index is 1.82. The third kappa shape index (κ3) is 4.38. The first-order valence-corrected chi connectivity index (χ1v) is 15.2. The van der Waals surface area contributed by atoms with Crippen LogP contribution in [-0.2, 0) is 14.3 Å². The lowest BCUT2D eigenvalue weighted by atomic mass is 9.83. The van der Waals surface area contributed by atoms with Gasteiger partial charge in [-0.25, -0.2) is 4.98 Å². The molecule has 0 radical (unpaired) electrons. The number of Topliss-reactive ketones (excluding diaryl/α,β-unsaturated/α-hetero) is 2. The van der Waals surface area contributed by atoms with Gasteiger partial charge in [0.1, 0.15) is 11.7 Å². The molecule has 0 saturated carbocycles. The second-order valence-corrected chi connectivity index (χ2v) is 12.2. The molecule has 0 fully saturated rings. The molecule has 8 bridgehead atoms. The number of ketones is 2. The van der Waals surface area contributed by atoms with Gasteiger partial charge in [0.2, 0.25) is 0 Å². The maximum Gasteiger partial charge on any atom is 0.321 e. The molecule has 0 spiro atoms. The van der Waals surface area contributed by atoms with Crippen molar-refractivity contribution in [3.05, 3.63) is 75.4 Å². The largest absolute Gasteiger partial charge is 0.468 e. The minimum absolute atomic E-state index is 0.0670. The summed E-state index contributed by atoms with van der Waals surface area (Å²) < 4.78 is 5.17. The van der Waals surface area contributed by atoms with E-state index in [2.05, 4.69) is 50.3 Å². The van der Waals surface area contributed by atoms with E-state index in [-0.39, 0.29) is 23.4 Å². The summed E-state index contributed by atoms with van der Waals surface area (Å²) in [5, 5.41) is 0. The first-order chi connectivity index (χ1) is 21.0. The number of methoxy groups -OCH3 is 1. The van der Waals surface area contributed by atoms with Crippen molar-refractivity contribution in [3.63, 3.8) is 0 Å². The van der Waals surface area contributed by atoms with Crippen LogP contribution in [0.1, 0.15) is 120 Å². The smallest absolute Gasteiger partial charge is 0.321 e. The van der Waals surface area contributed by atoms with Crippen molar-refractivity contribution >= 4 is 56.8 Å². The second-order valence-electron chi connectivity index (χ2n) is 12.2. The lowest BCUT2D eigenvalue weighted by Gasteiger charge is -2.18. The Kier molecular flexibility index (Phi) is 7.26. The minimum atomic E-state index is -1.13. The summed E-state index contributed by atoms with van der Waals surface area (Å²) in [6, 6.07) is 6.12. The molecule has 3 atom stereocenters. The number of nitrogens with zero attached hydrogens (tertiary/aromatic N) is 2. The van der Waals surface area contributed by atoms with Crippen molar-refractivity contribution in [2.45, 2.75) is 78.6 Å². The van der Waals surface area contributed by atoms with Gasteiger partial charge in [0.05, 0.1) is 29.7 Å². The van der Waals surface area contributed by atoms with E-state index in [0.717, 1.165) is 67.9 Å². The van der Waals surface area contributed by atoms with Crippen molar-refractivity contribution in [1.29, 1.82) is 0 Å². The Morgan fingerprint density at radius 1 is 1.02 bits per heavy atom. The summed E-state index contributed by atoms with van der Waals surface area (Å²) in [5.74, 6) is -2.21. The molecule has 3 aromatic heterocycles. The number of carbonyl (C=O) groups is 3. The molecule has 0 aromatic carbocycles. The summed E-state index contributed by atoms with van der Waals surface area (Å²) in [6.45, 7) is 15.9. The number of esters is 1. The summed E-state index contributed by atoms with van der Waals surface area (Å²) >= 11 is 0. The van der Waals surface area contributed by atoms with E-state index in [1.54, 1.807) is 6.92 Å². The monoisotopic (exact) mass is 590 g/mol. The quantitative estimate of drug-likeness (QED) is 0.225. The van der Waals surface area contributed by atoms with Crippen LogP contribution in [0.15, 0.2) is 24.8 Å². The van der Waals surface area contributed by atoms with Crippen molar-refractivity contribution in [3.8, 4) is 0 Å². The van der Waals surface area contributed by atoms with E-state index < -0.39 is 11.9 Å². The van der Waals surface area contributed by atoms with Gasteiger partial charge < -0.3 is 19.5 Å². The average molecular weight is 591 g/mol. The molecule has 0 amide bonds. The normalized spacial score (nSPS) is 19.1. The lowest BCUT2D eigenvalue weighted by Crippen LogP contribution is -2.21. The van der Waals surface area contributed by atoms with Crippen LogP contribution in [0.3, 0.4) is 0 Å². The molecule has 2 N–H and O–H groups in total. The summed E-state index contributed by atoms with van der Waals surface area (Å²) in [4.78, 5) is 56.7. The minimum Gasteiger partial charge on any atom is -0.468 e. The van der Waals surface area contributed by atoms with E-state index >= 15 is 0 Å². The number of rotatable bonds is 6. The average Bonchev–Trinajstić information content (AvgIpc) is 3.72. The van der Waals surface area contributed by atoms with Crippen LogP contribution in [0, 0.1) is 13.8 Å². The Hall–Kier alpha value is -4.59. The Morgan fingerprint density at radius 3 is 2.39 bits per heavy atom. The highest BCUT2D eigenvalue weighted by Gasteiger charge is 2.45. The molecule has 6 rings (SSSR count). The van der Waals surface area contributed by atoms with Crippen LogP contribution in [0.5, 0.6) is 0 Å². The number of nitrogens with one attached hydrogen (secondary N) is 2. The fraction of sp³-hybridized carbons (Fsp3) is 0.361. The highest BCUT2D eigenvalue weighted by molar-refractivity contribution is 6.23. The van der Waals surface area contributed by atoms with E-state index in [1.807, 2.05) is 25.1 Å². The molecule has 1 aliphatic carbocycles. The van der Waals surface area contributed by atoms with Crippen LogP contribution < -0.4 is 0 Å². The second kappa shape index (κ2) is 10.8. The van der Waals surface area contributed by atoms with Crippen molar-refractivity contribution in [2.75, 3.05) is 7.11 Å². The van der Waals surface area contributed by atoms with Gasteiger partial charge in [-0.3, -0.25) is 14.6 Å². The van der Waals surface area contributed by atoms with Gasteiger partial charge in [-0.2, -0.15) is 0 Å². The Morgan fingerprint density at radius 2 is 1.73 bits per heavy atom. The zero-order valence-electron chi connectivity index (χ0n) is 26.4. The summed E-state index contributed by atoms with van der Waals surface area (Å²) in [5.41, 5.74) is 12.4. The molecular formula is C36H38N4O4. The fourth-order valence-corrected chi connectivity index (χ4v) is 7.17. The molecule has 5 heterocycles. The van der Waals surface area contributed by atoms with Gasteiger partial charge in [0.15, 0.2) is 5.78 Å². The van der Waals surface area contributed by atoms with Crippen molar-refractivity contribution < 1.29 is 19.1 Å². The van der Waals surface area contributed by atoms with Crippen LogP contribution >= 0.6 is 0 Å². The molecular weight excluding hydrogens is 552 g/mol. The Bertz CT molecular complexity index is 1990. The van der Waals surface area contributed by atoms with Crippen molar-refractivity contribution in [1.82, 2.24) is 19.9 Å². The van der Waals surface area contributed by atoms with Crippen LogP contribution in [0.2, 0.25) is 0 Å². The summed E-state index contributed by atoms with van der Waals surface area (Å²) in [6.07, 6.45) is 3.56. The SMILES string of the molecule is C=Cc1c(C)c2cc3nc(c4c5[nH]c(cc6nc(cc1[nH]2)C(C)=C6CC)c(C)c5C(=O)[C@@H]4C(=O)OC)[C@@H](CCC(C)=O)[C@@H]3C. The molecule has 8 nitrogen and oxygen atoms in total. The maximum atomic E-state index is 14.0. The number of allylic oxidation sites excluding steroid dienone is 2. The highest BCUT2D eigenvalue weighted by atomic mass is 16.5. The highest BCUT2D eigenvalue weighted by Crippen LogP contribution is 2.48. The van der Waals surface area contributed by atoms with E-state index in [9.17, 15) is 14.4 Å². The number of hydrogen-bond donors (Lipinski definition) is 2. The zero-order valence-corrected chi connectivity index (χ0v) is 26.4. The van der Waals surface area contributed by atoms with Crippen LogP contribution in [0.25, 0.3) is 39.3 Å². The molecule has 3 aromatic rings. The number of H-pyrrole nitrogens is 2. The topological polar surface area (TPSA) is 118 Å². The number of carbonyl (C=O) groups excluding carboxylic acids is 3. The molecule has 2 aliphatic heterocycles.